The predicted octanol–water partition coefficient (Wildman–Crippen LogP) is 3.57. The van der Waals surface area contributed by atoms with Crippen molar-refractivity contribution in [1.29, 1.82) is 0 Å². The number of carbonyl (C=O) groups excluding carboxylic acids is 1. The Kier molecular flexibility index (Phi) is 6.59. The predicted molar refractivity (Wildman–Crippen MR) is 136 cm³/mol. The summed E-state index contributed by atoms with van der Waals surface area (Å²) in [5, 5.41) is 4.43. The molecule has 2 aromatic heterocycles. The van der Waals surface area contributed by atoms with Crippen molar-refractivity contribution >= 4 is 15.9 Å². The van der Waals surface area contributed by atoms with Crippen LogP contribution in [0.1, 0.15) is 49.6 Å². The van der Waals surface area contributed by atoms with E-state index in [1.165, 1.54) is 4.31 Å². The lowest BCUT2D eigenvalue weighted by Gasteiger charge is -2.35. The van der Waals surface area contributed by atoms with Crippen LogP contribution in [0.5, 0.6) is 0 Å². The monoisotopic (exact) mass is 495 g/mol. The minimum absolute atomic E-state index is 0.149. The van der Waals surface area contributed by atoms with Gasteiger partial charge in [-0.25, -0.2) is 18.1 Å². The van der Waals surface area contributed by atoms with Gasteiger partial charge in [-0.3, -0.25) is 4.79 Å². The topological polar surface area (TPSA) is 88.4 Å². The van der Waals surface area contributed by atoms with E-state index in [0.717, 1.165) is 39.2 Å². The molecule has 8 nitrogen and oxygen atoms in total. The van der Waals surface area contributed by atoms with E-state index in [2.05, 4.69) is 10.1 Å². The molecule has 35 heavy (non-hydrogen) atoms. The number of carbonyl (C=O) groups is 1. The second-order valence-corrected chi connectivity index (χ2v) is 11.3. The summed E-state index contributed by atoms with van der Waals surface area (Å²) in [5.41, 5.74) is 7.11. The van der Waals surface area contributed by atoms with Gasteiger partial charge in [-0.05, 0) is 94.5 Å². The maximum Gasteiger partial charge on any atom is 0.255 e. The summed E-state index contributed by atoms with van der Waals surface area (Å²) in [6.07, 6.45) is 1.56. The number of benzene rings is 1. The van der Waals surface area contributed by atoms with E-state index in [4.69, 9.17) is 0 Å². The van der Waals surface area contributed by atoms with Gasteiger partial charge in [0.25, 0.3) is 5.91 Å². The first kappa shape index (κ1) is 25.1. The van der Waals surface area contributed by atoms with Crippen molar-refractivity contribution in [2.45, 2.75) is 53.4 Å². The third-order valence-electron chi connectivity index (χ3n) is 7.28. The van der Waals surface area contributed by atoms with Crippen molar-refractivity contribution in [2.24, 2.45) is 0 Å². The van der Waals surface area contributed by atoms with Gasteiger partial charge in [-0.15, -0.1) is 0 Å². The fraction of sp³-hybridized carbons (Fsp3) is 0.423. The Morgan fingerprint density at radius 1 is 0.829 bits per heavy atom. The Bertz CT molecular complexity index is 1370. The van der Waals surface area contributed by atoms with Crippen LogP contribution in [0, 0.1) is 48.5 Å². The molecule has 0 radical (unpaired) electrons. The third kappa shape index (κ3) is 4.38. The van der Waals surface area contributed by atoms with Gasteiger partial charge in [-0.1, -0.05) is 0 Å². The average molecular weight is 496 g/mol. The molecule has 0 saturated carbocycles. The first-order chi connectivity index (χ1) is 16.4. The number of sulfonamides is 1. The number of aryl methyl sites for hydroxylation is 2. The van der Waals surface area contributed by atoms with Crippen LogP contribution in [0.3, 0.4) is 0 Å². The number of hydrogen-bond acceptors (Lipinski definition) is 5. The molecule has 3 heterocycles. The van der Waals surface area contributed by atoms with E-state index in [1.54, 1.807) is 27.9 Å². The summed E-state index contributed by atoms with van der Waals surface area (Å²) in [6, 6.07) is 5.49. The SMILES string of the molecule is Cc1cc(C)n(-c2ccc(C(=O)N3CCN(S(=O)(=O)c4c(C)c(C)c(C)c(C)c4C)CC3)cn2)n1. The highest BCUT2D eigenvalue weighted by Crippen LogP contribution is 2.32. The highest BCUT2D eigenvalue weighted by molar-refractivity contribution is 7.89. The van der Waals surface area contributed by atoms with Crippen molar-refractivity contribution in [2.75, 3.05) is 26.2 Å². The lowest BCUT2D eigenvalue weighted by Crippen LogP contribution is -2.50. The molecule has 1 fully saturated rings. The molecule has 1 aliphatic heterocycles. The molecule has 4 rings (SSSR count). The van der Waals surface area contributed by atoms with Gasteiger partial charge in [0.05, 0.1) is 16.2 Å². The lowest BCUT2D eigenvalue weighted by molar-refractivity contribution is 0.0697. The van der Waals surface area contributed by atoms with Crippen molar-refractivity contribution < 1.29 is 13.2 Å². The largest absolute Gasteiger partial charge is 0.336 e. The zero-order chi connectivity index (χ0) is 25.7. The molecular weight excluding hydrogens is 462 g/mol. The van der Waals surface area contributed by atoms with E-state index in [0.29, 0.717) is 29.4 Å². The van der Waals surface area contributed by atoms with Gasteiger partial charge in [0.1, 0.15) is 0 Å². The second-order valence-electron chi connectivity index (χ2n) is 9.39. The van der Waals surface area contributed by atoms with Crippen molar-refractivity contribution in [3.63, 3.8) is 0 Å². The van der Waals surface area contributed by atoms with Crippen molar-refractivity contribution in [1.82, 2.24) is 24.0 Å². The quantitative estimate of drug-likeness (QED) is 0.552. The highest BCUT2D eigenvalue weighted by atomic mass is 32.2. The molecule has 0 unspecified atom stereocenters. The number of piperazine rings is 1. The summed E-state index contributed by atoms with van der Waals surface area (Å²) < 4.78 is 30.4. The maximum absolute atomic E-state index is 13.6. The van der Waals surface area contributed by atoms with E-state index in [9.17, 15) is 13.2 Å². The van der Waals surface area contributed by atoms with Crippen LogP contribution >= 0.6 is 0 Å². The first-order valence-electron chi connectivity index (χ1n) is 11.8. The molecule has 3 aromatic rings. The molecular formula is C26H33N5O3S. The van der Waals surface area contributed by atoms with Crippen LogP contribution < -0.4 is 0 Å². The van der Waals surface area contributed by atoms with Gasteiger partial charge in [0, 0.05) is 38.1 Å². The Labute approximate surface area is 207 Å². The van der Waals surface area contributed by atoms with Gasteiger partial charge >= 0.3 is 0 Å². The second kappa shape index (κ2) is 9.20. The zero-order valence-electron chi connectivity index (χ0n) is 21.5. The molecule has 0 bridgehead atoms. The minimum Gasteiger partial charge on any atom is -0.336 e. The number of rotatable bonds is 4. The molecule has 1 aliphatic rings. The van der Waals surface area contributed by atoms with Gasteiger partial charge in [-0.2, -0.15) is 9.40 Å². The molecule has 0 N–H and O–H groups in total. The van der Waals surface area contributed by atoms with Gasteiger partial charge < -0.3 is 4.90 Å². The number of nitrogens with zero attached hydrogens (tertiary/aromatic N) is 5. The van der Waals surface area contributed by atoms with Crippen LogP contribution in [-0.4, -0.2) is 64.5 Å². The molecule has 9 heteroatoms. The maximum atomic E-state index is 13.6. The number of hydrogen-bond donors (Lipinski definition) is 0. The Morgan fingerprint density at radius 2 is 1.40 bits per heavy atom. The summed E-state index contributed by atoms with van der Waals surface area (Å²) in [5.74, 6) is 0.501. The lowest BCUT2D eigenvalue weighted by atomic mass is 9.95. The Morgan fingerprint density at radius 3 is 1.89 bits per heavy atom. The number of amides is 1. The third-order valence-corrected chi connectivity index (χ3v) is 9.45. The average Bonchev–Trinajstić information content (AvgIpc) is 3.18. The van der Waals surface area contributed by atoms with Crippen molar-refractivity contribution in [3.8, 4) is 5.82 Å². The Balaban J connectivity index is 1.49. The van der Waals surface area contributed by atoms with Crippen LogP contribution in [0.25, 0.3) is 5.82 Å². The number of pyridine rings is 1. The smallest absolute Gasteiger partial charge is 0.255 e. The fourth-order valence-corrected chi connectivity index (χ4v) is 6.78. The standard InChI is InChI=1S/C26H33N5O3S/c1-16-14-17(2)31(28-16)24-9-8-23(15-27-24)26(32)29-10-12-30(13-11-29)35(33,34)25-21(6)19(4)18(3)20(5)22(25)7/h8-9,14-15H,10-13H2,1-7H3. The van der Waals surface area contributed by atoms with E-state index in [-0.39, 0.29) is 19.0 Å². The van der Waals surface area contributed by atoms with E-state index < -0.39 is 10.0 Å². The Hall–Kier alpha value is -3.04. The fourth-order valence-electron chi connectivity index (χ4n) is 4.79. The normalized spacial score (nSPS) is 15.0. The molecule has 0 spiro atoms. The molecule has 0 aliphatic carbocycles. The first-order valence-corrected chi connectivity index (χ1v) is 13.2. The van der Waals surface area contributed by atoms with Crippen LogP contribution in [0.2, 0.25) is 0 Å². The molecule has 1 saturated heterocycles. The van der Waals surface area contributed by atoms with Crippen LogP contribution in [0.15, 0.2) is 29.3 Å². The minimum atomic E-state index is -3.66. The van der Waals surface area contributed by atoms with E-state index >= 15 is 0 Å². The van der Waals surface area contributed by atoms with Gasteiger partial charge in [0.15, 0.2) is 5.82 Å². The number of aromatic nitrogens is 3. The summed E-state index contributed by atoms with van der Waals surface area (Å²) >= 11 is 0. The highest BCUT2D eigenvalue weighted by Gasteiger charge is 2.33. The van der Waals surface area contributed by atoms with Crippen molar-refractivity contribution in [3.05, 3.63) is 69.2 Å². The summed E-state index contributed by atoms with van der Waals surface area (Å²) in [7, 11) is -3.66. The van der Waals surface area contributed by atoms with Crippen LogP contribution in [-0.2, 0) is 10.0 Å². The van der Waals surface area contributed by atoms with Gasteiger partial charge in [0.2, 0.25) is 10.0 Å². The molecule has 1 amide bonds. The zero-order valence-corrected chi connectivity index (χ0v) is 22.3. The summed E-state index contributed by atoms with van der Waals surface area (Å²) in [6.45, 7) is 14.8. The molecule has 0 atom stereocenters. The molecule has 1 aromatic carbocycles. The summed E-state index contributed by atoms with van der Waals surface area (Å²) in [4.78, 5) is 19.6. The van der Waals surface area contributed by atoms with Crippen LogP contribution in [0.4, 0.5) is 0 Å². The van der Waals surface area contributed by atoms with E-state index in [1.807, 2.05) is 54.5 Å². The molecule has 186 valence electrons.